The van der Waals surface area contributed by atoms with Crippen LogP contribution in [-0.2, 0) is 21.7 Å². The zero-order valence-corrected chi connectivity index (χ0v) is 41.5. The molecule has 0 radical (unpaired) electrons. The molecule has 0 aliphatic carbocycles. The first-order chi connectivity index (χ1) is 29.6. The van der Waals surface area contributed by atoms with Crippen molar-refractivity contribution in [2.45, 2.75) is 112 Å². The minimum absolute atomic E-state index is 0.0264. The Morgan fingerprint density at radius 1 is 0.413 bits per heavy atom. The van der Waals surface area contributed by atoms with Crippen LogP contribution in [0.2, 0.25) is 5.02 Å². The predicted molar refractivity (Wildman–Crippen MR) is 278 cm³/mol. The first-order valence-corrected chi connectivity index (χ1v) is 25.0. The Kier molecular flexibility index (Phi) is 11.3. The van der Waals surface area contributed by atoms with Gasteiger partial charge < -0.3 is 9.80 Å². The van der Waals surface area contributed by atoms with E-state index in [2.05, 4.69) is 258 Å². The van der Waals surface area contributed by atoms with Gasteiger partial charge in [-0.05, 0) is 126 Å². The van der Waals surface area contributed by atoms with E-state index in [1.165, 1.54) is 54.4 Å². The van der Waals surface area contributed by atoms with Crippen molar-refractivity contribution in [1.82, 2.24) is 0 Å². The summed E-state index contributed by atoms with van der Waals surface area (Å²) >= 11 is 8.09. The van der Waals surface area contributed by atoms with Gasteiger partial charge in [-0.25, -0.2) is 0 Å². The van der Waals surface area contributed by atoms with Gasteiger partial charge in [-0.2, -0.15) is 0 Å². The third-order valence-electron chi connectivity index (χ3n) is 13.1. The highest BCUT2D eigenvalue weighted by Crippen LogP contribution is 2.49. The van der Waals surface area contributed by atoms with Gasteiger partial charge in [0.05, 0.1) is 16.4 Å². The van der Waals surface area contributed by atoms with Crippen LogP contribution in [0.4, 0.5) is 34.1 Å². The number of rotatable bonds is 6. The molecule has 0 bridgehead atoms. The highest BCUT2D eigenvalue weighted by Gasteiger charge is 2.50. The second-order valence-corrected chi connectivity index (χ2v) is 25.9. The molecule has 0 aromatic heterocycles. The molecule has 4 heteroatoms. The highest BCUT2D eigenvalue weighted by atomic mass is 35.5. The predicted octanol–water partition coefficient (Wildman–Crippen LogP) is 14.5. The molecule has 322 valence electrons. The van der Waals surface area contributed by atoms with Crippen molar-refractivity contribution in [3.63, 3.8) is 0 Å². The van der Waals surface area contributed by atoms with Crippen LogP contribution in [0.5, 0.6) is 0 Å². The van der Waals surface area contributed by atoms with Gasteiger partial charge in [0, 0.05) is 22.7 Å². The molecule has 2 nitrogen and oxygen atoms in total. The summed E-state index contributed by atoms with van der Waals surface area (Å²) < 4.78 is 0. The maximum atomic E-state index is 8.09. The Hall–Kier alpha value is -5.35. The fourth-order valence-electron chi connectivity index (χ4n) is 9.40. The first kappa shape index (κ1) is 44.3. The van der Waals surface area contributed by atoms with E-state index in [1.807, 2.05) is 0 Å². The van der Waals surface area contributed by atoms with Gasteiger partial charge in [-0.1, -0.05) is 204 Å². The monoisotopic (exact) mass is 864 g/mol. The fraction of sp³-hybridized carbons (Fsp3) is 0.288. The number of halogens is 1. The molecule has 1 heterocycles. The average Bonchev–Trinajstić information content (AvgIpc) is 3.23. The summed E-state index contributed by atoms with van der Waals surface area (Å²) in [5.74, 6) is 0. The van der Waals surface area contributed by atoms with E-state index in [-0.39, 0.29) is 21.7 Å². The molecule has 1 aliphatic heterocycles. The lowest BCUT2D eigenvalue weighted by atomic mass is 9.86. The molecular formula is C59H65ClN2Si. The lowest BCUT2D eigenvalue weighted by molar-refractivity contribution is 0.590. The summed E-state index contributed by atoms with van der Waals surface area (Å²) in [5.41, 5.74) is 12.7. The van der Waals surface area contributed by atoms with Gasteiger partial charge in [-0.3, -0.25) is 0 Å². The molecule has 0 spiro atoms. The quantitative estimate of drug-likeness (QED) is 0.154. The maximum Gasteiger partial charge on any atom is 0.184 e. The molecule has 63 heavy (non-hydrogen) atoms. The smallest absolute Gasteiger partial charge is 0.184 e. The molecule has 0 fully saturated rings. The number of fused-ring (bicyclic) bond motifs is 2. The number of aryl methyl sites for hydroxylation is 1. The number of nitrogens with zero attached hydrogens (tertiary/aromatic N) is 2. The molecule has 8 rings (SSSR count). The molecule has 0 N–H and O–H groups in total. The van der Waals surface area contributed by atoms with Crippen LogP contribution in [0.25, 0.3) is 0 Å². The van der Waals surface area contributed by atoms with Gasteiger partial charge in [0.15, 0.2) is 8.07 Å². The number of benzene rings is 7. The molecule has 0 saturated heterocycles. The van der Waals surface area contributed by atoms with E-state index >= 15 is 0 Å². The van der Waals surface area contributed by atoms with Gasteiger partial charge in [0.25, 0.3) is 0 Å². The van der Waals surface area contributed by atoms with E-state index in [4.69, 9.17) is 11.6 Å². The first-order valence-electron chi connectivity index (χ1n) is 22.6. The van der Waals surface area contributed by atoms with Gasteiger partial charge in [0.1, 0.15) is 0 Å². The van der Waals surface area contributed by atoms with Crippen molar-refractivity contribution < 1.29 is 0 Å². The van der Waals surface area contributed by atoms with Crippen molar-refractivity contribution in [1.29, 1.82) is 0 Å². The zero-order chi connectivity index (χ0) is 45.3. The van der Waals surface area contributed by atoms with Crippen LogP contribution >= 0.6 is 11.6 Å². The number of hydrogen-bond acceptors (Lipinski definition) is 2. The molecule has 1 aliphatic rings. The Morgan fingerprint density at radius 3 is 1.14 bits per heavy atom. The molecule has 7 aromatic carbocycles. The minimum Gasteiger partial charge on any atom is -0.309 e. The van der Waals surface area contributed by atoms with E-state index in [0.717, 1.165) is 28.3 Å². The zero-order valence-electron chi connectivity index (χ0n) is 39.8. The van der Waals surface area contributed by atoms with E-state index in [1.54, 1.807) is 0 Å². The third-order valence-corrected chi connectivity index (χ3v) is 18.3. The van der Waals surface area contributed by atoms with Crippen LogP contribution in [0, 0.1) is 6.92 Å². The lowest BCUT2D eigenvalue weighted by Crippen LogP contribution is -2.77. The standard InChI is InChI=1S/C59H65ClN2Si/c1-40-36-51(61(45-30-24-41(25-31-45)56(2,3)4)46-32-26-42(27-33-46)57(5,6)7)55(60)52(37-40)62-49-34-28-43(58(8,9)10)38-53(49)63(47-20-16-14-17-21-47,48-22-18-15-19-23-48)54-39-44(59(11,12)13)29-35-50(54)62/h14-39H,1-13H3. The fourth-order valence-corrected chi connectivity index (χ4v) is 14.8. The van der Waals surface area contributed by atoms with Gasteiger partial charge in [0.2, 0.25) is 0 Å². The molecular weight excluding hydrogens is 800 g/mol. The maximum absolute atomic E-state index is 8.09. The molecule has 0 atom stereocenters. The second-order valence-electron chi connectivity index (χ2n) is 21.8. The summed E-state index contributed by atoms with van der Waals surface area (Å²) in [6.07, 6.45) is 0. The molecule has 0 unspecified atom stereocenters. The molecule has 0 saturated carbocycles. The number of anilines is 6. The van der Waals surface area contributed by atoms with Crippen molar-refractivity contribution >= 4 is 74.5 Å². The van der Waals surface area contributed by atoms with Crippen molar-refractivity contribution in [3.05, 3.63) is 191 Å². The third kappa shape index (κ3) is 8.09. The van der Waals surface area contributed by atoms with E-state index < -0.39 is 8.07 Å². The summed E-state index contributed by atoms with van der Waals surface area (Å²) in [6.45, 7) is 29.8. The highest BCUT2D eigenvalue weighted by molar-refractivity contribution is 7.21. The normalized spacial score (nSPS) is 14.0. The van der Waals surface area contributed by atoms with Crippen LogP contribution < -0.4 is 30.5 Å². The largest absolute Gasteiger partial charge is 0.309 e. The Morgan fingerprint density at radius 2 is 0.778 bits per heavy atom. The van der Waals surface area contributed by atoms with Crippen LogP contribution in [0.3, 0.4) is 0 Å². The van der Waals surface area contributed by atoms with Crippen LogP contribution in [-0.4, -0.2) is 8.07 Å². The Bertz CT molecular complexity index is 2600. The summed E-state index contributed by atoms with van der Waals surface area (Å²) in [6, 6.07) is 59.9. The second kappa shape index (κ2) is 16.0. The van der Waals surface area contributed by atoms with E-state index in [9.17, 15) is 0 Å². The Balaban J connectivity index is 1.47. The Labute approximate surface area is 384 Å². The van der Waals surface area contributed by atoms with E-state index in [0.29, 0.717) is 5.02 Å². The van der Waals surface area contributed by atoms with Gasteiger partial charge >= 0.3 is 0 Å². The lowest BCUT2D eigenvalue weighted by Gasteiger charge is -2.46. The van der Waals surface area contributed by atoms with Crippen LogP contribution in [0.1, 0.15) is 111 Å². The summed E-state index contributed by atoms with van der Waals surface area (Å²) in [5, 5.41) is 6.19. The van der Waals surface area contributed by atoms with Crippen molar-refractivity contribution in [2.75, 3.05) is 9.80 Å². The SMILES string of the molecule is Cc1cc(N(c2ccc(C(C)(C)C)cc2)c2ccc(C(C)(C)C)cc2)c(Cl)c(N2c3ccc(C(C)(C)C)cc3[Si](c3ccccc3)(c3ccccc3)c3cc(C(C)(C)C)ccc32)c1. The molecule has 7 aromatic rings. The minimum atomic E-state index is -2.98. The topological polar surface area (TPSA) is 6.48 Å². The molecule has 0 amide bonds. The van der Waals surface area contributed by atoms with Crippen molar-refractivity contribution in [3.8, 4) is 0 Å². The number of hydrogen-bond donors (Lipinski definition) is 0. The summed E-state index contributed by atoms with van der Waals surface area (Å²) in [7, 11) is -2.98. The van der Waals surface area contributed by atoms with Crippen molar-refractivity contribution in [2.24, 2.45) is 0 Å². The van der Waals surface area contributed by atoms with Crippen LogP contribution in [0.15, 0.2) is 158 Å². The average molecular weight is 866 g/mol. The van der Waals surface area contributed by atoms with Gasteiger partial charge in [-0.15, -0.1) is 0 Å². The summed E-state index contributed by atoms with van der Waals surface area (Å²) in [4.78, 5) is 4.84.